The Labute approximate surface area is 398 Å². The zero-order valence-corrected chi connectivity index (χ0v) is 43.3. The lowest BCUT2D eigenvalue weighted by Crippen LogP contribution is -2.34. The monoisotopic (exact) mass is 906 g/mol. The van der Waals surface area contributed by atoms with Gasteiger partial charge in [0.1, 0.15) is 23.5 Å². The van der Waals surface area contributed by atoms with Crippen molar-refractivity contribution in [2.24, 2.45) is 0 Å². The first-order chi connectivity index (χ1) is 31.6. The summed E-state index contributed by atoms with van der Waals surface area (Å²) in [5, 5.41) is 0.969. The highest BCUT2D eigenvalue weighted by Gasteiger charge is 2.28. The maximum Gasteiger partial charge on any atom is 0.306 e. The Balaban J connectivity index is 1.39. The molecule has 0 saturated heterocycles. The van der Waals surface area contributed by atoms with E-state index in [4.69, 9.17) is 20.2 Å². The number of para-hydroxylation sites is 1. The third kappa shape index (κ3) is 24.2. The molecule has 0 fully saturated rings. The molecule has 0 aliphatic rings. The topological polar surface area (TPSA) is 102 Å². The first-order valence-electron chi connectivity index (χ1n) is 27.0. The van der Waals surface area contributed by atoms with E-state index in [0.29, 0.717) is 37.5 Å². The molecule has 65 heavy (non-hydrogen) atoms. The van der Waals surface area contributed by atoms with Crippen molar-refractivity contribution < 1.29 is 14.3 Å². The van der Waals surface area contributed by atoms with E-state index >= 15 is 0 Å². The van der Waals surface area contributed by atoms with Gasteiger partial charge in [-0.25, -0.2) is 9.97 Å². The SMILES string of the molecule is CCCCCCCCCCCCN(C)CCCN(C)CCCN(CCCCCCCCCCCC)CCCCCC(=O)OC(C)(C)Cn1c(COCC)nc2c(N)nc3ccccc3c21. The summed E-state index contributed by atoms with van der Waals surface area (Å²) in [6.45, 7) is 20.1. The molecular weight excluding hydrogens is 807 g/mol. The fourth-order valence-electron chi connectivity index (χ4n) is 9.36. The van der Waals surface area contributed by atoms with Gasteiger partial charge in [0.05, 0.1) is 17.6 Å². The number of anilines is 1. The fraction of sp³-hybridized carbons (Fsp3) is 0.800. The molecule has 3 aromatic rings. The summed E-state index contributed by atoms with van der Waals surface area (Å²) < 4.78 is 14.1. The largest absolute Gasteiger partial charge is 0.458 e. The molecule has 0 radical (unpaired) electrons. The number of ether oxygens (including phenoxy) is 2. The van der Waals surface area contributed by atoms with Crippen molar-refractivity contribution in [3.63, 3.8) is 0 Å². The summed E-state index contributed by atoms with van der Waals surface area (Å²) in [6.07, 6.45) is 33.6. The molecular formula is C55H99N7O3. The number of hydrogen-bond donors (Lipinski definition) is 1. The molecule has 0 saturated carbocycles. The van der Waals surface area contributed by atoms with Gasteiger partial charge in [0.15, 0.2) is 5.82 Å². The van der Waals surface area contributed by atoms with Crippen molar-refractivity contribution in [3.05, 3.63) is 30.1 Å². The molecule has 0 aliphatic heterocycles. The molecule has 0 unspecified atom stereocenters. The Morgan fingerprint density at radius 2 is 1.08 bits per heavy atom. The van der Waals surface area contributed by atoms with E-state index in [1.54, 1.807) is 0 Å². The van der Waals surface area contributed by atoms with Crippen LogP contribution in [-0.2, 0) is 27.4 Å². The quantitative estimate of drug-likeness (QED) is 0.0440. The van der Waals surface area contributed by atoms with Crippen LogP contribution in [0.3, 0.4) is 0 Å². The van der Waals surface area contributed by atoms with Crippen LogP contribution in [0, 0.1) is 0 Å². The molecule has 372 valence electrons. The summed E-state index contributed by atoms with van der Waals surface area (Å²) in [5.41, 5.74) is 8.02. The number of carbonyl (C=O) groups is 1. The van der Waals surface area contributed by atoms with E-state index in [-0.39, 0.29) is 5.97 Å². The highest BCUT2D eigenvalue weighted by atomic mass is 16.6. The average molecular weight is 906 g/mol. The molecule has 0 aliphatic carbocycles. The molecule has 0 bridgehead atoms. The highest BCUT2D eigenvalue weighted by molar-refractivity contribution is 6.06. The van der Waals surface area contributed by atoms with Crippen LogP contribution in [0.4, 0.5) is 5.82 Å². The summed E-state index contributed by atoms with van der Waals surface area (Å²) in [4.78, 5) is 30.6. The minimum atomic E-state index is -0.758. The van der Waals surface area contributed by atoms with Gasteiger partial charge >= 0.3 is 5.97 Å². The summed E-state index contributed by atoms with van der Waals surface area (Å²) >= 11 is 0. The number of pyridine rings is 1. The minimum absolute atomic E-state index is 0.146. The lowest BCUT2D eigenvalue weighted by atomic mass is 10.1. The molecule has 3 rings (SSSR count). The number of fused-ring (bicyclic) bond motifs is 3. The molecule has 1 aromatic carbocycles. The van der Waals surface area contributed by atoms with E-state index in [9.17, 15) is 4.79 Å². The van der Waals surface area contributed by atoms with Crippen molar-refractivity contribution in [1.82, 2.24) is 29.2 Å². The Bertz CT molecular complexity index is 1660. The van der Waals surface area contributed by atoms with Crippen molar-refractivity contribution in [1.29, 1.82) is 0 Å². The number of nitrogens with two attached hydrogens (primary N) is 1. The molecule has 0 spiro atoms. The number of aromatic nitrogens is 3. The lowest BCUT2D eigenvalue weighted by molar-refractivity contribution is -0.157. The Morgan fingerprint density at radius 3 is 1.63 bits per heavy atom. The van der Waals surface area contributed by atoms with Crippen LogP contribution < -0.4 is 5.73 Å². The van der Waals surface area contributed by atoms with Crippen LogP contribution in [0.25, 0.3) is 21.9 Å². The van der Waals surface area contributed by atoms with Crippen LogP contribution >= 0.6 is 0 Å². The van der Waals surface area contributed by atoms with Gasteiger partial charge in [0, 0.05) is 18.4 Å². The Hall–Kier alpha value is -2.79. The van der Waals surface area contributed by atoms with Crippen LogP contribution in [-0.4, -0.2) is 107 Å². The molecule has 2 N–H and O–H groups in total. The number of imidazole rings is 1. The molecule has 10 nitrogen and oxygen atoms in total. The third-order valence-corrected chi connectivity index (χ3v) is 13.2. The van der Waals surface area contributed by atoms with Gasteiger partial charge in [-0.05, 0) is 125 Å². The maximum absolute atomic E-state index is 13.3. The number of carbonyl (C=O) groups excluding carboxylic acids is 1. The fourth-order valence-corrected chi connectivity index (χ4v) is 9.36. The van der Waals surface area contributed by atoms with E-state index in [1.165, 1.54) is 167 Å². The van der Waals surface area contributed by atoms with Gasteiger partial charge in [-0.3, -0.25) is 4.79 Å². The summed E-state index contributed by atoms with van der Waals surface area (Å²) in [6, 6.07) is 7.98. The van der Waals surface area contributed by atoms with Gasteiger partial charge in [0.25, 0.3) is 0 Å². The molecule has 0 amide bonds. The second-order valence-electron chi connectivity index (χ2n) is 20.0. The van der Waals surface area contributed by atoms with Crippen molar-refractivity contribution >= 4 is 33.7 Å². The number of nitrogen functional groups attached to an aromatic ring is 1. The van der Waals surface area contributed by atoms with Gasteiger partial charge in [-0.2, -0.15) is 0 Å². The summed E-state index contributed by atoms with van der Waals surface area (Å²) in [5.74, 6) is 0.998. The van der Waals surface area contributed by atoms with Crippen molar-refractivity contribution in [2.45, 2.75) is 220 Å². The zero-order chi connectivity index (χ0) is 47.0. The zero-order valence-electron chi connectivity index (χ0n) is 43.3. The number of rotatable bonds is 42. The second kappa shape index (κ2) is 34.5. The molecule has 10 heteroatoms. The standard InChI is InChI=1S/C55H99N7O3/c1-8-11-13-15-17-19-21-23-25-31-39-59(6)40-34-41-60(7)42-35-45-61(43-32-26-24-22-20-18-16-14-12-9-2)44-33-27-28-38-51(63)65-55(4,5)47-62-50(46-64-10-3)58-52-53(62)48-36-29-30-37-49(48)57-54(52)56/h29-30,36-37H,8-28,31-35,38-47H2,1-7H3,(H2,56,57). The smallest absolute Gasteiger partial charge is 0.306 e. The number of esters is 1. The Morgan fingerprint density at radius 1 is 0.615 bits per heavy atom. The normalized spacial score (nSPS) is 12.3. The first kappa shape index (κ1) is 56.5. The molecule has 2 heterocycles. The first-order valence-corrected chi connectivity index (χ1v) is 27.0. The number of hydrogen-bond acceptors (Lipinski definition) is 9. The lowest BCUT2D eigenvalue weighted by Gasteiger charge is -2.27. The van der Waals surface area contributed by atoms with Gasteiger partial charge in [-0.15, -0.1) is 0 Å². The van der Waals surface area contributed by atoms with Crippen molar-refractivity contribution in [2.75, 3.05) is 72.2 Å². The third-order valence-electron chi connectivity index (χ3n) is 13.2. The van der Waals surface area contributed by atoms with Crippen LogP contribution in [0.2, 0.25) is 0 Å². The van der Waals surface area contributed by atoms with E-state index in [0.717, 1.165) is 61.1 Å². The van der Waals surface area contributed by atoms with Gasteiger partial charge in [0.2, 0.25) is 0 Å². The second-order valence-corrected chi connectivity index (χ2v) is 20.0. The number of nitrogens with zero attached hydrogens (tertiary/aromatic N) is 6. The number of unbranched alkanes of at least 4 members (excludes halogenated alkanes) is 20. The van der Waals surface area contributed by atoms with Gasteiger partial charge < -0.3 is 34.5 Å². The van der Waals surface area contributed by atoms with Crippen LogP contribution in [0.1, 0.15) is 207 Å². The highest BCUT2D eigenvalue weighted by Crippen LogP contribution is 2.31. The van der Waals surface area contributed by atoms with Crippen molar-refractivity contribution in [3.8, 4) is 0 Å². The minimum Gasteiger partial charge on any atom is -0.458 e. The predicted octanol–water partition coefficient (Wildman–Crippen LogP) is 13.4. The summed E-state index contributed by atoms with van der Waals surface area (Å²) in [7, 11) is 4.62. The van der Waals surface area contributed by atoms with Crippen LogP contribution in [0.5, 0.6) is 0 Å². The number of benzene rings is 1. The molecule has 0 atom stereocenters. The average Bonchev–Trinajstić information content (AvgIpc) is 3.64. The maximum atomic E-state index is 13.3. The van der Waals surface area contributed by atoms with E-state index in [1.807, 2.05) is 45.0 Å². The Kier molecular flexibility index (Phi) is 30.0. The van der Waals surface area contributed by atoms with E-state index in [2.05, 4.69) is 52.2 Å². The molecule has 2 aromatic heterocycles. The van der Waals surface area contributed by atoms with Gasteiger partial charge in [-0.1, -0.05) is 154 Å². The van der Waals surface area contributed by atoms with E-state index < -0.39 is 5.60 Å². The predicted molar refractivity (Wildman–Crippen MR) is 278 cm³/mol. The van der Waals surface area contributed by atoms with Crippen LogP contribution in [0.15, 0.2) is 24.3 Å².